The molecule has 0 bridgehead atoms. The van der Waals surface area contributed by atoms with Gasteiger partial charge in [0.25, 0.3) is 0 Å². The van der Waals surface area contributed by atoms with Gasteiger partial charge in [-0.05, 0) is 24.8 Å². The van der Waals surface area contributed by atoms with Crippen LogP contribution in [0.1, 0.15) is 44.1 Å². The molecule has 0 saturated heterocycles. The van der Waals surface area contributed by atoms with Crippen LogP contribution >= 0.6 is 23.1 Å². The number of anilines is 1. The van der Waals surface area contributed by atoms with Crippen molar-refractivity contribution in [2.45, 2.75) is 55.2 Å². The molecule has 1 aromatic heterocycles. The number of carbonyl (C=O) groups is 2. The molecule has 0 radical (unpaired) electrons. The molecule has 29 heavy (non-hydrogen) atoms. The molecule has 2 N–H and O–H groups in total. The van der Waals surface area contributed by atoms with Gasteiger partial charge in [-0.25, -0.2) is 9.78 Å². The van der Waals surface area contributed by atoms with Crippen LogP contribution in [0.3, 0.4) is 0 Å². The Bertz CT molecular complexity index is 791. The van der Waals surface area contributed by atoms with Crippen LogP contribution < -0.4 is 5.32 Å². The number of amides is 2. The smallest absolute Gasteiger partial charge is 0.323 e. The van der Waals surface area contributed by atoms with E-state index in [9.17, 15) is 9.59 Å². The van der Waals surface area contributed by atoms with Crippen molar-refractivity contribution in [2.75, 3.05) is 17.6 Å². The van der Waals surface area contributed by atoms with E-state index in [1.54, 1.807) is 6.20 Å². The largest absolute Gasteiger partial charge is 0.481 e. The third-order valence-electron chi connectivity index (χ3n) is 5.02. The Hall–Kier alpha value is -2.06. The molecule has 2 amide bonds. The van der Waals surface area contributed by atoms with Crippen molar-refractivity contribution in [1.82, 2.24) is 9.88 Å². The van der Waals surface area contributed by atoms with Crippen LogP contribution in [-0.2, 0) is 11.2 Å². The second kappa shape index (κ2) is 11.2. The van der Waals surface area contributed by atoms with Gasteiger partial charge in [0.05, 0.1) is 16.8 Å². The van der Waals surface area contributed by atoms with Crippen molar-refractivity contribution in [1.29, 1.82) is 0 Å². The lowest BCUT2D eigenvalue weighted by molar-refractivity contribution is -0.136. The lowest BCUT2D eigenvalue weighted by Crippen LogP contribution is -2.45. The van der Waals surface area contributed by atoms with Crippen LogP contribution in [0, 0.1) is 0 Å². The number of rotatable bonds is 9. The first-order chi connectivity index (χ1) is 14.1. The minimum absolute atomic E-state index is 0.0933. The highest BCUT2D eigenvalue weighted by Gasteiger charge is 2.26. The number of thiazole rings is 1. The van der Waals surface area contributed by atoms with Gasteiger partial charge in [0, 0.05) is 18.3 Å². The minimum Gasteiger partial charge on any atom is -0.481 e. The van der Waals surface area contributed by atoms with Crippen molar-refractivity contribution in [2.24, 2.45) is 0 Å². The summed E-state index contributed by atoms with van der Waals surface area (Å²) < 4.78 is 0.912. The Morgan fingerprint density at radius 1 is 1.21 bits per heavy atom. The number of nitrogens with one attached hydrogen (secondary N) is 1. The van der Waals surface area contributed by atoms with Crippen molar-refractivity contribution in [3.05, 3.63) is 42.1 Å². The van der Waals surface area contributed by atoms with Gasteiger partial charge in [-0.2, -0.15) is 0 Å². The van der Waals surface area contributed by atoms with Gasteiger partial charge in [0.15, 0.2) is 5.13 Å². The topological polar surface area (TPSA) is 82.5 Å². The maximum atomic E-state index is 13.0. The van der Waals surface area contributed by atoms with E-state index in [-0.39, 0.29) is 18.5 Å². The summed E-state index contributed by atoms with van der Waals surface area (Å²) in [7, 11) is 0. The fourth-order valence-corrected chi connectivity index (χ4v) is 5.39. The minimum atomic E-state index is -0.808. The highest BCUT2D eigenvalue weighted by molar-refractivity contribution is 8.01. The molecule has 1 aromatic carbocycles. The summed E-state index contributed by atoms with van der Waals surface area (Å²) in [6.07, 6.45) is 8.32. The molecule has 3 rings (SSSR count). The quantitative estimate of drug-likeness (QED) is 0.536. The monoisotopic (exact) mass is 433 g/mol. The summed E-state index contributed by atoms with van der Waals surface area (Å²) >= 11 is 2.84. The summed E-state index contributed by atoms with van der Waals surface area (Å²) in [5.74, 6) is -0.312. The summed E-state index contributed by atoms with van der Waals surface area (Å²) in [4.78, 5) is 30.0. The molecule has 2 aromatic rings. The van der Waals surface area contributed by atoms with E-state index >= 15 is 0 Å². The molecule has 1 saturated carbocycles. The second-order valence-corrected chi connectivity index (χ2v) is 9.55. The predicted molar refractivity (Wildman–Crippen MR) is 118 cm³/mol. The number of carboxylic acid groups (broad SMARTS) is 1. The van der Waals surface area contributed by atoms with Crippen molar-refractivity contribution in [3.63, 3.8) is 0 Å². The molecule has 0 aliphatic heterocycles. The zero-order chi connectivity index (χ0) is 20.5. The number of hydrogen-bond donors (Lipinski definition) is 2. The molecular formula is C21H27N3O3S2. The van der Waals surface area contributed by atoms with Gasteiger partial charge in [-0.1, -0.05) is 60.9 Å². The Kier molecular flexibility index (Phi) is 8.37. The molecule has 0 spiro atoms. The van der Waals surface area contributed by atoms with Crippen LogP contribution in [0.25, 0.3) is 0 Å². The van der Waals surface area contributed by atoms with Crippen LogP contribution in [-0.4, -0.2) is 45.3 Å². The standard InChI is InChI=1S/C21H27N3O3S2/c25-18(26)12-14-28-19-15-22-20(29-19)23-21(27)24(17-9-5-2-6-10-17)13-11-16-7-3-1-4-8-16/h1,3-4,7-8,15,17H,2,5-6,9-14H2,(H,25,26)(H,22,23,27). The van der Waals surface area contributed by atoms with Gasteiger partial charge in [0.2, 0.25) is 0 Å². The Morgan fingerprint density at radius 3 is 2.69 bits per heavy atom. The Morgan fingerprint density at radius 2 is 1.97 bits per heavy atom. The highest BCUT2D eigenvalue weighted by atomic mass is 32.2. The van der Waals surface area contributed by atoms with Gasteiger partial charge in [-0.15, -0.1) is 11.8 Å². The molecule has 1 aliphatic rings. The number of benzene rings is 1. The van der Waals surface area contributed by atoms with E-state index in [2.05, 4.69) is 22.4 Å². The summed E-state index contributed by atoms with van der Waals surface area (Å²) in [6, 6.07) is 10.4. The van der Waals surface area contributed by atoms with E-state index < -0.39 is 5.97 Å². The number of aliphatic carboxylic acids is 1. The number of thioether (sulfide) groups is 1. The first-order valence-corrected chi connectivity index (χ1v) is 11.8. The zero-order valence-electron chi connectivity index (χ0n) is 16.4. The number of carboxylic acids is 1. The maximum absolute atomic E-state index is 13.0. The van der Waals surface area contributed by atoms with Gasteiger partial charge >= 0.3 is 12.0 Å². The van der Waals surface area contributed by atoms with Crippen LogP contribution in [0.2, 0.25) is 0 Å². The van der Waals surface area contributed by atoms with E-state index in [0.29, 0.717) is 17.4 Å². The second-order valence-electron chi connectivity index (χ2n) is 7.13. The molecular weight excluding hydrogens is 406 g/mol. The first-order valence-electron chi connectivity index (χ1n) is 10.0. The van der Waals surface area contributed by atoms with E-state index in [4.69, 9.17) is 5.11 Å². The summed E-state index contributed by atoms with van der Waals surface area (Å²) in [5, 5.41) is 12.3. The number of urea groups is 1. The highest BCUT2D eigenvalue weighted by Crippen LogP contribution is 2.29. The summed E-state index contributed by atoms with van der Waals surface area (Å²) in [5.41, 5.74) is 1.23. The Balaban J connectivity index is 1.59. The third kappa shape index (κ3) is 7.04. The van der Waals surface area contributed by atoms with Crippen LogP contribution in [0.4, 0.5) is 9.93 Å². The molecule has 0 atom stereocenters. The molecule has 1 heterocycles. The molecule has 156 valence electrons. The zero-order valence-corrected chi connectivity index (χ0v) is 18.0. The predicted octanol–water partition coefficient (Wildman–Crippen LogP) is 5.12. The average molecular weight is 434 g/mol. The van der Waals surface area contributed by atoms with Crippen LogP contribution in [0.5, 0.6) is 0 Å². The fourth-order valence-electron chi connectivity index (χ4n) is 3.52. The normalized spacial score (nSPS) is 14.5. The van der Waals surface area contributed by atoms with Crippen molar-refractivity contribution in [3.8, 4) is 0 Å². The molecule has 1 aliphatic carbocycles. The van der Waals surface area contributed by atoms with E-state index in [1.165, 1.54) is 47.9 Å². The number of aromatic nitrogens is 1. The lowest BCUT2D eigenvalue weighted by Gasteiger charge is -2.34. The van der Waals surface area contributed by atoms with Gasteiger partial charge in [-0.3, -0.25) is 10.1 Å². The average Bonchev–Trinajstić information content (AvgIpc) is 3.16. The molecule has 1 fully saturated rings. The SMILES string of the molecule is O=C(O)CCSc1cnc(NC(=O)N(CCc2ccccc2)C2CCCCC2)s1. The number of hydrogen-bond acceptors (Lipinski definition) is 5. The van der Waals surface area contributed by atoms with E-state index in [1.807, 2.05) is 23.1 Å². The van der Waals surface area contributed by atoms with Crippen molar-refractivity contribution < 1.29 is 14.7 Å². The lowest BCUT2D eigenvalue weighted by atomic mass is 9.94. The third-order valence-corrected chi connectivity index (χ3v) is 7.13. The van der Waals surface area contributed by atoms with Gasteiger partial charge < -0.3 is 10.0 Å². The van der Waals surface area contributed by atoms with Crippen molar-refractivity contribution >= 4 is 40.2 Å². The molecule has 0 unspecified atom stereocenters. The Labute approximate surface area is 179 Å². The number of carbonyl (C=O) groups excluding carboxylic acids is 1. The van der Waals surface area contributed by atoms with Gasteiger partial charge in [0.1, 0.15) is 0 Å². The molecule has 6 nitrogen and oxygen atoms in total. The summed E-state index contributed by atoms with van der Waals surface area (Å²) in [6.45, 7) is 0.687. The first kappa shape index (κ1) is 21.6. The van der Waals surface area contributed by atoms with Crippen LogP contribution in [0.15, 0.2) is 40.7 Å². The molecule has 8 heteroatoms. The number of nitrogens with zero attached hydrogens (tertiary/aromatic N) is 2. The van der Waals surface area contributed by atoms with E-state index in [0.717, 1.165) is 23.5 Å². The maximum Gasteiger partial charge on any atom is 0.323 e. The fraction of sp³-hybridized carbons (Fsp3) is 0.476.